The first-order valence-corrected chi connectivity index (χ1v) is 24.4. The van der Waals surface area contributed by atoms with Crippen LogP contribution in [0.1, 0.15) is 233 Å². The quantitative estimate of drug-likeness (QED) is 0.0454. The van der Waals surface area contributed by atoms with E-state index in [1.165, 1.54) is 186 Å². The fraction of sp³-hybridized carbons (Fsp3) is 0.959. The molecular weight excluding hydrogens is 681 g/mol. The van der Waals surface area contributed by atoms with E-state index in [1.54, 1.807) is 0 Å². The average molecular weight is 779 g/mol. The molecule has 0 aromatic carbocycles. The van der Waals surface area contributed by atoms with E-state index in [9.17, 15) is 9.59 Å². The van der Waals surface area contributed by atoms with Gasteiger partial charge in [-0.05, 0) is 90.3 Å². The van der Waals surface area contributed by atoms with E-state index in [0.717, 1.165) is 31.8 Å². The van der Waals surface area contributed by atoms with Gasteiger partial charge in [0.2, 0.25) is 0 Å². The Morgan fingerprint density at radius 2 is 0.709 bits per heavy atom. The molecule has 0 spiro atoms. The standard InChI is InChI=1S/C49H98N2O4/c1-8-12-24-32-45(33-25-13-9-2)42-48(52)54-40-30-22-18-16-20-28-36-47(44-51(7)39-38-50(5)6)37-29-21-17-19-23-31-41-55-49(53)43-46(34-26-14-10-3)35-27-15-11-4/h45-47H,8-44H2,1-7H3. The third kappa shape index (κ3) is 38.2. The van der Waals surface area contributed by atoms with Gasteiger partial charge in [-0.15, -0.1) is 0 Å². The summed E-state index contributed by atoms with van der Waals surface area (Å²) in [5.41, 5.74) is 0. The summed E-state index contributed by atoms with van der Waals surface area (Å²) in [7, 11) is 6.63. The second kappa shape index (κ2) is 41.0. The molecule has 55 heavy (non-hydrogen) atoms. The van der Waals surface area contributed by atoms with Crippen LogP contribution in [0.15, 0.2) is 0 Å². The average Bonchev–Trinajstić information content (AvgIpc) is 3.15. The Kier molecular flexibility index (Phi) is 40.2. The molecule has 0 aromatic rings. The largest absolute Gasteiger partial charge is 0.466 e. The number of hydrogen-bond acceptors (Lipinski definition) is 6. The van der Waals surface area contributed by atoms with E-state index in [2.05, 4.69) is 58.6 Å². The van der Waals surface area contributed by atoms with Gasteiger partial charge in [0.15, 0.2) is 0 Å². The van der Waals surface area contributed by atoms with Crippen LogP contribution in [0.25, 0.3) is 0 Å². The summed E-state index contributed by atoms with van der Waals surface area (Å²) in [4.78, 5) is 29.9. The molecule has 0 aliphatic carbocycles. The lowest BCUT2D eigenvalue weighted by atomic mass is 9.92. The second-order valence-corrected chi connectivity index (χ2v) is 17.8. The van der Waals surface area contributed by atoms with Crippen molar-refractivity contribution in [3.8, 4) is 0 Å². The molecule has 328 valence electrons. The minimum absolute atomic E-state index is 0.0342. The molecule has 0 saturated heterocycles. The molecule has 0 aliphatic rings. The minimum atomic E-state index is 0.0342. The van der Waals surface area contributed by atoms with Crippen LogP contribution in [0.3, 0.4) is 0 Å². The van der Waals surface area contributed by atoms with E-state index < -0.39 is 0 Å². The van der Waals surface area contributed by atoms with Crippen molar-refractivity contribution in [3.63, 3.8) is 0 Å². The highest BCUT2D eigenvalue weighted by Gasteiger charge is 2.16. The number of carbonyl (C=O) groups is 2. The molecule has 0 bridgehead atoms. The lowest BCUT2D eigenvalue weighted by molar-refractivity contribution is -0.146. The van der Waals surface area contributed by atoms with E-state index in [1.807, 2.05) is 0 Å². The van der Waals surface area contributed by atoms with E-state index in [0.29, 0.717) is 37.9 Å². The van der Waals surface area contributed by atoms with E-state index in [-0.39, 0.29) is 11.9 Å². The van der Waals surface area contributed by atoms with Gasteiger partial charge in [0, 0.05) is 32.5 Å². The predicted octanol–water partition coefficient (Wildman–Crippen LogP) is 14.0. The van der Waals surface area contributed by atoms with Crippen LogP contribution in [0, 0.1) is 17.8 Å². The molecule has 0 aromatic heterocycles. The monoisotopic (exact) mass is 779 g/mol. The van der Waals surface area contributed by atoms with Crippen LogP contribution in [0.5, 0.6) is 0 Å². The van der Waals surface area contributed by atoms with Crippen molar-refractivity contribution < 1.29 is 19.1 Å². The van der Waals surface area contributed by atoms with Crippen LogP contribution >= 0.6 is 0 Å². The fourth-order valence-electron chi connectivity index (χ4n) is 8.10. The first-order valence-electron chi connectivity index (χ1n) is 24.4. The molecule has 0 amide bonds. The number of hydrogen-bond donors (Lipinski definition) is 0. The highest BCUT2D eigenvalue weighted by molar-refractivity contribution is 5.70. The van der Waals surface area contributed by atoms with E-state index in [4.69, 9.17) is 9.47 Å². The summed E-state index contributed by atoms with van der Waals surface area (Å²) in [6, 6.07) is 0. The topological polar surface area (TPSA) is 59.1 Å². The van der Waals surface area contributed by atoms with Crippen LogP contribution in [0.4, 0.5) is 0 Å². The SMILES string of the molecule is CCCCCC(CCCCC)CC(=O)OCCCCCCCCC(CCCCCCCCOC(=O)CC(CCCCC)CCCCC)CN(C)CCN(C)C. The Morgan fingerprint density at radius 1 is 0.400 bits per heavy atom. The molecule has 0 unspecified atom stereocenters. The number of ether oxygens (including phenoxy) is 2. The first-order chi connectivity index (χ1) is 26.7. The van der Waals surface area contributed by atoms with Crippen molar-refractivity contribution in [1.29, 1.82) is 0 Å². The van der Waals surface area contributed by atoms with Crippen molar-refractivity contribution in [3.05, 3.63) is 0 Å². The number of esters is 2. The second-order valence-electron chi connectivity index (χ2n) is 17.8. The Labute approximate surface area is 344 Å². The highest BCUT2D eigenvalue weighted by atomic mass is 16.5. The Hall–Kier alpha value is -1.14. The summed E-state index contributed by atoms with van der Waals surface area (Å²) < 4.78 is 11.4. The first kappa shape index (κ1) is 53.9. The zero-order valence-electron chi connectivity index (χ0n) is 38.4. The lowest BCUT2D eigenvalue weighted by Crippen LogP contribution is -2.32. The van der Waals surface area contributed by atoms with Gasteiger partial charge >= 0.3 is 11.9 Å². The van der Waals surface area contributed by atoms with Gasteiger partial charge in [-0.3, -0.25) is 9.59 Å². The summed E-state index contributed by atoms with van der Waals surface area (Å²) >= 11 is 0. The zero-order valence-corrected chi connectivity index (χ0v) is 38.4. The van der Waals surface area contributed by atoms with Crippen LogP contribution in [-0.4, -0.2) is 75.7 Å². The van der Waals surface area contributed by atoms with Gasteiger partial charge < -0.3 is 19.3 Å². The van der Waals surface area contributed by atoms with Crippen molar-refractivity contribution >= 4 is 11.9 Å². The van der Waals surface area contributed by atoms with Crippen molar-refractivity contribution in [1.82, 2.24) is 9.80 Å². The zero-order chi connectivity index (χ0) is 40.6. The normalized spacial score (nSPS) is 11.9. The van der Waals surface area contributed by atoms with Crippen LogP contribution < -0.4 is 0 Å². The molecule has 0 heterocycles. The third-order valence-electron chi connectivity index (χ3n) is 11.8. The molecule has 0 aliphatic heterocycles. The summed E-state index contributed by atoms with van der Waals surface area (Å²) in [6.45, 7) is 13.7. The highest BCUT2D eigenvalue weighted by Crippen LogP contribution is 2.24. The van der Waals surface area contributed by atoms with Gasteiger partial charge in [0.1, 0.15) is 0 Å². The van der Waals surface area contributed by atoms with E-state index >= 15 is 0 Å². The number of likely N-dealkylation sites (N-methyl/N-ethyl adjacent to an activating group) is 2. The van der Waals surface area contributed by atoms with Gasteiger partial charge in [0.25, 0.3) is 0 Å². The molecular formula is C49H98N2O4. The number of unbranched alkanes of at least 4 members (excludes halogenated alkanes) is 18. The smallest absolute Gasteiger partial charge is 0.306 e. The maximum Gasteiger partial charge on any atom is 0.306 e. The Bertz CT molecular complexity index is 745. The number of carbonyl (C=O) groups excluding carboxylic acids is 2. The van der Waals surface area contributed by atoms with Gasteiger partial charge in [-0.1, -0.05) is 169 Å². The molecule has 0 N–H and O–H groups in total. The third-order valence-corrected chi connectivity index (χ3v) is 11.8. The fourth-order valence-corrected chi connectivity index (χ4v) is 8.10. The maximum absolute atomic E-state index is 12.5. The molecule has 0 fully saturated rings. The predicted molar refractivity (Wildman–Crippen MR) is 239 cm³/mol. The molecule has 6 heteroatoms. The van der Waals surface area contributed by atoms with Crippen LogP contribution in [-0.2, 0) is 19.1 Å². The van der Waals surface area contributed by atoms with Gasteiger partial charge in [-0.25, -0.2) is 0 Å². The number of nitrogens with zero attached hydrogens (tertiary/aromatic N) is 2. The van der Waals surface area contributed by atoms with Crippen molar-refractivity contribution in [2.24, 2.45) is 17.8 Å². The van der Waals surface area contributed by atoms with Crippen molar-refractivity contribution in [2.75, 3.05) is 54.0 Å². The minimum Gasteiger partial charge on any atom is -0.466 e. The summed E-state index contributed by atoms with van der Waals surface area (Å²) in [5, 5.41) is 0. The van der Waals surface area contributed by atoms with Crippen LogP contribution in [0.2, 0.25) is 0 Å². The van der Waals surface area contributed by atoms with Crippen molar-refractivity contribution in [2.45, 2.75) is 233 Å². The maximum atomic E-state index is 12.5. The van der Waals surface area contributed by atoms with Gasteiger partial charge in [-0.2, -0.15) is 0 Å². The summed E-state index contributed by atoms with van der Waals surface area (Å²) in [6.07, 6.45) is 38.4. The molecule has 0 rings (SSSR count). The Balaban J connectivity index is 4.26. The summed E-state index contributed by atoms with van der Waals surface area (Å²) in [5.74, 6) is 1.88. The number of rotatable bonds is 43. The van der Waals surface area contributed by atoms with Gasteiger partial charge in [0.05, 0.1) is 13.2 Å². The Morgan fingerprint density at radius 3 is 1.05 bits per heavy atom. The molecule has 0 atom stereocenters. The molecule has 0 saturated carbocycles. The lowest BCUT2D eigenvalue weighted by Gasteiger charge is -2.25. The molecule has 6 nitrogen and oxygen atoms in total. The molecule has 0 radical (unpaired) electrons.